The molecule has 0 unspecified atom stereocenters. The third-order valence-electron chi connectivity index (χ3n) is 1.53. The molecular formula is C8H7N5. The largest absolute Gasteiger partial charge is 0.382 e. The van der Waals surface area contributed by atoms with E-state index in [-0.39, 0.29) is 0 Å². The van der Waals surface area contributed by atoms with Gasteiger partial charge >= 0.3 is 0 Å². The maximum Gasteiger partial charge on any atom is 0.151 e. The molecule has 2 aromatic heterocycles. The van der Waals surface area contributed by atoms with Crippen LogP contribution in [0.5, 0.6) is 0 Å². The van der Waals surface area contributed by atoms with Crippen LogP contribution in [0.1, 0.15) is 0 Å². The number of nitrogens with two attached hydrogens (primary N) is 1. The number of rotatable bonds is 1. The summed E-state index contributed by atoms with van der Waals surface area (Å²) in [6.07, 6.45) is 7.88. The first-order valence-electron chi connectivity index (χ1n) is 3.71. The van der Waals surface area contributed by atoms with Crippen molar-refractivity contribution in [3.63, 3.8) is 0 Å². The zero-order valence-corrected chi connectivity index (χ0v) is 6.75. The number of hydrogen-bond donors (Lipinski definition) is 1. The highest BCUT2D eigenvalue weighted by atomic mass is 14.9. The van der Waals surface area contributed by atoms with Crippen LogP contribution in [0.15, 0.2) is 31.0 Å². The van der Waals surface area contributed by atoms with Gasteiger partial charge in [-0.15, -0.1) is 0 Å². The zero-order chi connectivity index (χ0) is 9.10. The van der Waals surface area contributed by atoms with Crippen molar-refractivity contribution in [2.45, 2.75) is 0 Å². The van der Waals surface area contributed by atoms with E-state index in [9.17, 15) is 0 Å². The minimum Gasteiger partial charge on any atom is -0.382 e. The molecule has 2 heterocycles. The van der Waals surface area contributed by atoms with Gasteiger partial charge in [-0.3, -0.25) is 9.97 Å². The predicted octanol–water partition coefficient (Wildman–Crippen LogP) is 0.516. The smallest absolute Gasteiger partial charge is 0.151 e. The Morgan fingerprint density at radius 1 is 0.923 bits per heavy atom. The highest BCUT2D eigenvalue weighted by molar-refractivity contribution is 5.64. The van der Waals surface area contributed by atoms with E-state index in [4.69, 9.17) is 5.73 Å². The lowest BCUT2D eigenvalue weighted by atomic mass is 10.3. The van der Waals surface area contributed by atoms with Crippen molar-refractivity contribution >= 4 is 5.82 Å². The van der Waals surface area contributed by atoms with Crippen LogP contribution >= 0.6 is 0 Å². The van der Waals surface area contributed by atoms with Crippen molar-refractivity contribution in [2.24, 2.45) is 0 Å². The van der Waals surface area contributed by atoms with Crippen LogP contribution < -0.4 is 5.73 Å². The van der Waals surface area contributed by atoms with Crippen LogP contribution in [-0.2, 0) is 0 Å². The second kappa shape index (κ2) is 3.14. The van der Waals surface area contributed by atoms with Crippen molar-refractivity contribution in [1.82, 2.24) is 19.9 Å². The van der Waals surface area contributed by atoms with Crippen LogP contribution in [0.4, 0.5) is 5.82 Å². The number of nitrogens with zero attached hydrogens (tertiary/aromatic N) is 4. The number of anilines is 1. The molecule has 5 nitrogen and oxygen atoms in total. The maximum atomic E-state index is 5.61. The molecule has 0 radical (unpaired) electrons. The monoisotopic (exact) mass is 173 g/mol. The van der Waals surface area contributed by atoms with Gasteiger partial charge < -0.3 is 5.73 Å². The SMILES string of the molecule is Nc1nccnc1-c1cnccn1. The lowest BCUT2D eigenvalue weighted by molar-refractivity contribution is 1.15. The zero-order valence-electron chi connectivity index (χ0n) is 6.75. The molecule has 0 saturated carbocycles. The molecule has 5 heteroatoms. The van der Waals surface area contributed by atoms with Gasteiger partial charge in [-0.2, -0.15) is 0 Å². The van der Waals surface area contributed by atoms with Crippen molar-refractivity contribution < 1.29 is 0 Å². The summed E-state index contributed by atoms with van der Waals surface area (Å²) in [5, 5.41) is 0. The summed E-state index contributed by atoms with van der Waals surface area (Å²) in [6.45, 7) is 0. The molecule has 2 rings (SSSR count). The molecule has 0 aliphatic heterocycles. The van der Waals surface area contributed by atoms with Gasteiger partial charge in [-0.25, -0.2) is 9.97 Å². The quantitative estimate of drug-likeness (QED) is 0.680. The summed E-state index contributed by atoms with van der Waals surface area (Å²) >= 11 is 0. The molecule has 0 aromatic carbocycles. The predicted molar refractivity (Wildman–Crippen MR) is 47.5 cm³/mol. The Balaban J connectivity index is 2.54. The van der Waals surface area contributed by atoms with E-state index in [1.807, 2.05) is 0 Å². The minimum absolute atomic E-state index is 0.364. The van der Waals surface area contributed by atoms with E-state index in [0.717, 1.165) is 0 Å². The first-order valence-corrected chi connectivity index (χ1v) is 3.71. The molecule has 0 aliphatic rings. The lowest BCUT2D eigenvalue weighted by Crippen LogP contribution is -1.97. The van der Waals surface area contributed by atoms with E-state index in [1.54, 1.807) is 24.8 Å². The normalized spacial score (nSPS) is 9.85. The summed E-state index contributed by atoms with van der Waals surface area (Å²) < 4.78 is 0. The number of nitrogen functional groups attached to an aromatic ring is 1. The average molecular weight is 173 g/mol. The van der Waals surface area contributed by atoms with Gasteiger partial charge in [-0.1, -0.05) is 0 Å². The molecule has 0 aliphatic carbocycles. The Morgan fingerprint density at radius 3 is 2.38 bits per heavy atom. The summed E-state index contributed by atoms with van der Waals surface area (Å²) in [6, 6.07) is 0. The number of aromatic nitrogens is 4. The summed E-state index contributed by atoms with van der Waals surface area (Å²) in [5.41, 5.74) is 6.81. The van der Waals surface area contributed by atoms with E-state index in [2.05, 4.69) is 19.9 Å². The Morgan fingerprint density at radius 2 is 1.69 bits per heavy atom. The topological polar surface area (TPSA) is 77.6 Å². The molecule has 0 bridgehead atoms. The van der Waals surface area contributed by atoms with Crippen molar-refractivity contribution in [3.8, 4) is 11.4 Å². The number of hydrogen-bond acceptors (Lipinski definition) is 5. The summed E-state index contributed by atoms with van der Waals surface area (Å²) in [4.78, 5) is 15.9. The van der Waals surface area contributed by atoms with Crippen molar-refractivity contribution in [3.05, 3.63) is 31.0 Å². The Bertz CT molecular complexity index is 400. The van der Waals surface area contributed by atoms with Gasteiger partial charge in [0.2, 0.25) is 0 Å². The third kappa shape index (κ3) is 1.44. The van der Waals surface area contributed by atoms with Gasteiger partial charge in [0.1, 0.15) is 11.4 Å². The molecule has 2 N–H and O–H groups in total. The fourth-order valence-electron chi connectivity index (χ4n) is 0.968. The molecule has 0 atom stereocenters. The fraction of sp³-hybridized carbons (Fsp3) is 0. The fourth-order valence-corrected chi connectivity index (χ4v) is 0.968. The van der Waals surface area contributed by atoms with Crippen LogP contribution in [0.3, 0.4) is 0 Å². The van der Waals surface area contributed by atoms with E-state index in [0.29, 0.717) is 17.2 Å². The molecular weight excluding hydrogens is 166 g/mol. The summed E-state index contributed by atoms with van der Waals surface area (Å²) in [5.74, 6) is 0.364. The van der Waals surface area contributed by atoms with Crippen molar-refractivity contribution in [2.75, 3.05) is 5.73 Å². The van der Waals surface area contributed by atoms with Gasteiger partial charge in [-0.05, 0) is 0 Å². The second-order valence-corrected chi connectivity index (χ2v) is 2.38. The maximum absolute atomic E-state index is 5.61. The van der Waals surface area contributed by atoms with Gasteiger partial charge in [0, 0.05) is 24.8 Å². The molecule has 0 amide bonds. The Labute approximate surface area is 74.7 Å². The lowest BCUT2D eigenvalue weighted by Gasteiger charge is -1.99. The van der Waals surface area contributed by atoms with Crippen LogP contribution in [-0.4, -0.2) is 19.9 Å². The van der Waals surface area contributed by atoms with Gasteiger partial charge in [0.25, 0.3) is 0 Å². The molecule has 64 valence electrons. The van der Waals surface area contributed by atoms with Crippen LogP contribution in [0, 0.1) is 0 Å². The summed E-state index contributed by atoms with van der Waals surface area (Å²) in [7, 11) is 0. The standard InChI is InChI=1S/C8H7N5/c9-8-7(12-3-4-13-8)6-5-10-1-2-11-6/h1-5H,(H2,9,13). The Kier molecular flexibility index (Phi) is 1.84. The highest BCUT2D eigenvalue weighted by Crippen LogP contribution is 2.16. The first kappa shape index (κ1) is 7.60. The van der Waals surface area contributed by atoms with E-state index >= 15 is 0 Å². The third-order valence-corrected chi connectivity index (χ3v) is 1.53. The first-order chi connectivity index (χ1) is 6.38. The average Bonchev–Trinajstić information content (AvgIpc) is 2.20. The molecule has 0 spiro atoms. The Hall–Kier alpha value is -2.04. The molecule has 13 heavy (non-hydrogen) atoms. The van der Waals surface area contributed by atoms with Crippen LogP contribution in [0.25, 0.3) is 11.4 Å². The minimum atomic E-state index is 0.364. The van der Waals surface area contributed by atoms with E-state index < -0.39 is 0 Å². The molecule has 0 saturated heterocycles. The molecule has 2 aromatic rings. The van der Waals surface area contributed by atoms with E-state index in [1.165, 1.54) is 6.20 Å². The van der Waals surface area contributed by atoms with Crippen LogP contribution in [0.2, 0.25) is 0 Å². The second-order valence-electron chi connectivity index (χ2n) is 2.38. The highest BCUT2D eigenvalue weighted by Gasteiger charge is 2.04. The van der Waals surface area contributed by atoms with Crippen molar-refractivity contribution in [1.29, 1.82) is 0 Å². The van der Waals surface area contributed by atoms with Gasteiger partial charge in [0.15, 0.2) is 5.82 Å². The molecule has 0 fully saturated rings. The van der Waals surface area contributed by atoms with Gasteiger partial charge in [0.05, 0.1) is 6.20 Å².